The molecule has 5 unspecified atom stereocenters. The molecule has 2 aliphatic rings. The maximum absolute atomic E-state index is 12.7. The standard InChI is InChI=1S/C15H29N3O2/c1-10-4-5-11(6-14(10)16)15(20)18-9-13(19)7-12(18)8-17(2)3/h10-14,19H,4-9,16H2,1-3H3. The monoisotopic (exact) mass is 283 g/mol. The van der Waals surface area contributed by atoms with Gasteiger partial charge < -0.3 is 20.6 Å². The van der Waals surface area contributed by atoms with E-state index in [-0.39, 0.29) is 30.0 Å². The molecule has 0 aromatic carbocycles. The third-order valence-corrected chi connectivity index (χ3v) is 4.86. The summed E-state index contributed by atoms with van der Waals surface area (Å²) in [6.45, 7) is 3.47. The molecule has 116 valence electrons. The van der Waals surface area contributed by atoms with Crippen LogP contribution in [0.1, 0.15) is 32.6 Å². The van der Waals surface area contributed by atoms with Crippen LogP contribution in [0.4, 0.5) is 0 Å². The lowest BCUT2D eigenvalue weighted by molar-refractivity contribution is -0.138. The highest BCUT2D eigenvalue weighted by atomic mass is 16.3. The average molecular weight is 283 g/mol. The number of nitrogens with zero attached hydrogens (tertiary/aromatic N) is 2. The van der Waals surface area contributed by atoms with Crippen LogP contribution in [-0.4, -0.2) is 66.2 Å². The molecule has 5 heteroatoms. The molecule has 5 nitrogen and oxygen atoms in total. The molecule has 0 aromatic heterocycles. The first kappa shape index (κ1) is 15.7. The van der Waals surface area contributed by atoms with Gasteiger partial charge in [-0.3, -0.25) is 4.79 Å². The summed E-state index contributed by atoms with van der Waals surface area (Å²) in [5, 5.41) is 9.89. The lowest BCUT2D eigenvalue weighted by atomic mass is 9.79. The van der Waals surface area contributed by atoms with Gasteiger partial charge in [0.1, 0.15) is 0 Å². The summed E-state index contributed by atoms with van der Waals surface area (Å²) in [5.74, 6) is 0.771. The predicted molar refractivity (Wildman–Crippen MR) is 79.2 cm³/mol. The second kappa shape index (κ2) is 6.41. The van der Waals surface area contributed by atoms with E-state index in [4.69, 9.17) is 5.73 Å². The first-order valence-electron chi connectivity index (χ1n) is 7.77. The maximum Gasteiger partial charge on any atom is 0.226 e. The van der Waals surface area contributed by atoms with Crippen molar-refractivity contribution in [3.8, 4) is 0 Å². The number of likely N-dealkylation sites (N-methyl/N-ethyl adjacent to an activating group) is 1. The Hall–Kier alpha value is -0.650. The van der Waals surface area contributed by atoms with Crippen LogP contribution in [0.25, 0.3) is 0 Å². The first-order valence-corrected chi connectivity index (χ1v) is 7.77. The highest BCUT2D eigenvalue weighted by Gasteiger charge is 2.39. The number of carbonyl (C=O) groups is 1. The third kappa shape index (κ3) is 3.51. The van der Waals surface area contributed by atoms with Crippen LogP contribution in [-0.2, 0) is 4.79 Å². The van der Waals surface area contributed by atoms with Crippen LogP contribution in [0.2, 0.25) is 0 Å². The largest absolute Gasteiger partial charge is 0.391 e. The zero-order chi connectivity index (χ0) is 14.9. The Morgan fingerprint density at radius 1 is 1.35 bits per heavy atom. The summed E-state index contributed by atoms with van der Waals surface area (Å²) in [6.07, 6.45) is 3.09. The van der Waals surface area contributed by atoms with Crippen molar-refractivity contribution < 1.29 is 9.90 Å². The summed E-state index contributed by atoms with van der Waals surface area (Å²) in [4.78, 5) is 16.7. The molecule has 1 saturated heterocycles. The van der Waals surface area contributed by atoms with E-state index in [2.05, 4.69) is 11.8 Å². The van der Waals surface area contributed by atoms with Gasteiger partial charge in [0.15, 0.2) is 0 Å². The molecule has 3 N–H and O–H groups in total. The molecule has 1 heterocycles. The second-order valence-electron chi connectivity index (χ2n) is 6.95. The Morgan fingerprint density at radius 3 is 2.65 bits per heavy atom. The van der Waals surface area contributed by atoms with Crippen molar-refractivity contribution in [2.75, 3.05) is 27.2 Å². The van der Waals surface area contributed by atoms with Gasteiger partial charge in [0.05, 0.1) is 6.10 Å². The molecule has 2 rings (SSSR count). The number of aliphatic hydroxyl groups excluding tert-OH is 1. The summed E-state index contributed by atoms with van der Waals surface area (Å²) in [6, 6.07) is 0.278. The number of hydrogen-bond donors (Lipinski definition) is 2. The van der Waals surface area contributed by atoms with Crippen molar-refractivity contribution in [1.29, 1.82) is 0 Å². The number of likely N-dealkylation sites (tertiary alicyclic amines) is 1. The molecule has 1 aliphatic heterocycles. The molecule has 0 spiro atoms. The van der Waals surface area contributed by atoms with Gasteiger partial charge in [0.25, 0.3) is 0 Å². The minimum Gasteiger partial charge on any atom is -0.391 e. The Kier molecular flexibility index (Phi) is 5.04. The van der Waals surface area contributed by atoms with E-state index < -0.39 is 0 Å². The Bertz CT molecular complexity index is 348. The van der Waals surface area contributed by atoms with E-state index in [0.29, 0.717) is 18.9 Å². The maximum atomic E-state index is 12.7. The minimum absolute atomic E-state index is 0.0520. The van der Waals surface area contributed by atoms with Crippen LogP contribution >= 0.6 is 0 Å². The van der Waals surface area contributed by atoms with Gasteiger partial charge in [0.2, 0.25) is 5.91 Å². The minimum atomic E-state index is -0.375. The molecular formula is C15H29N3O2. The average Bonchev–Trinajstić information content (AvgIpc) is 2.72. The highest BCUT2D eigenvalue weighted by Crippen LogP contribution is 2.31. The Labute approximate surface area is 122 Å². The smallest absolute Gasteiger partial charge is 0.226 e. The van der Waals surface area contributed by atoms with Gasteiger partial charge in [-0.15, -0.1) is 0 Å². The number of carbonyl (C=O) groups excluding carboxylic acids is 1. The topological polar surface area (TPSA) is 69.8 Å². The molecule has 0 aromatic rings. The fourth-order valence-corrected chi connectivity index (χ4v) is 3.57. The van der Waals surface area contributed by atoms with Crippen molar-refractivity contribution >= 4 is 5.91 Å². The SMILES string of the molecule is CC1CCC(C(=O)N2CC(O)CC2CN(C)C)CC1N. The molecule has 5 atom stereocenters. The molecule has 0 bridgehead atoms. The van der Waals surface area contributed by atoms with Crippen molar-refractivity contribution in [2.45, 2.75) is 50.8 Å². The van der Waals surface area contributed by atoms with Gasteiger partial charge >= 0.3 is 0 Å². The van der Waals surface area contributed by atoms with Crippen LogP contribution in [0.3, 0.4) is 0 Å². The summed E-state index contributed by atoms with van der Waals surface area (Å²) >= 11 is 0. The van der Waals surface area contributed by atoms with Gasteiger partial charge in [-0.05, 0) is 45.7 Å². The molecule has 0 radical (unpaired) electrons. The van der Waals surface area contributed by atoms with Crippen LogP contribution in [0.15, 0.2) is 0 Å². The van der Waals surface area contributed by atoms with E-state index in [1.807, 2.05) is 19.0 Å². The highest BCUT2D eigenvalue weighted by molar-refractivity contribution is 5.79. The number of β-amino-alcohol motifs (C(OH)–C–C–N with tert-alkyl or cyclic N) is 1. The number of amides is 1. The van der Waals surface area contributed by atoms with Crippen molar-refractivity contribution in [1.82, 2.24) is 9.80 Å². The quantitative estimate of drug-likeness (QED) is 0.780. The molecule has 1 amide bonds. The molecule has 20 heavy (non-hydrogen) atoms. The van der Waals surface area contributed by atoms with Crippen LogP contribution < -0.4 is 5.73 Å². The van der Waals surface area contributed by atoms with Gasteiger partial charge in [-0.25, -0.2) is 0 Å². The van der Waals surface area contributed by atoms with Crippen LogP contribution in [0, 0.1) is 11.8 Å². The van der Waals surface area contributed by atoms with Gasteiger partial charge in [-0.1, -0.05) is 6.92 Å². The molecular weight excluding hydrogens is 254 g/mol. The van der Waals surface area contributed by atoms with Crippen molar-refractivity contribution in [3.63, 3.8) is 0 Å². The lowest BCUT2D eigenvalue weighted by Crippen LogP contribution is -2.47. The normalized spacial score (nSPS) is 38.5. The molecule has 1 aliphatic carbocycles. The first-order chi connectivity index (χ1) is 9.38. The van der Waals surface area contributed by atoms with Gasteiger partial charge in [0, 0.05) is 31.1 Å². The molecule has 1 saturated carbocycles. The predicted octanol–water partition coefficient (Wildman–Crippen LogP) is 0.273. The van der Waals surface area contributed by atoms with E-state index in [1.54, 1.807) is 0 Å². The number of rotatable bonds is 3. The Balaban J connectivity index is 1.99. The van der Waals surface area contributed by atoms with Crippen molar-refractivity contribution in [3.05, 3.63) is 0 Å². The third-order valence-electron chi connectivity index (χ3n) is 4.86. The van der Waals surface area contributed by atoms with E-state index in [9.17, 15) is 9.90 Å². The van der Waals surface area contributed by atoms with E-state index in [1.165, 1.54) is 0 Å². The zero-order valence-electron chi connectivity index (χ0n) is 13.0. The number of aliphatic hydroxyl groups is 1. The van der Waals surface area contributed by atoms with Crippen LogP contribution in [0.5, 0.6) is 0 Å². The summed E-state index contributed by atoms with van der Waals surface area (Å²) in [5.41, 5.74) is 6.12. The van der Waals surface area contributed by atoms with E-state index in [0.717, 1.165) is 25.8 Å². The Morgan fingerprint density at radius 2 is 2.05 bits per heavy atom. The van der Waals surface area contributed by atoms with Gasteiger partial charge in [-0.2, -0.15) is 0 Å². The second-order valence-corrected chi connectivity index (χ2v) is 6.95. The number of nitrogens with two attached hydrogens (primary N) is 1. The van der Waals surface area contributed by atoms with Crippen molar-refractivity contribution in [2.24, 2.45) is 17.6 Å². The lowest BCUT2D eigenvalue weighted by Gasteiger charge is -2.35. The molecule has 2 fully saturated rings. The summed E-state index contributed by atoms with van der Waals surface area (Å²) < 4.78 is 0. The summed E-state index contributed by atoms with van der Waals surface area (Å²) in [7, 11) is 4.01. The number of hydrogen-bond acceptors (Lipinski definition) is 4. The van der Waals surface area contributed by atoms with E-state index >= 15 is 0 Å². The fraction of sp³-hybridized carbons (Fsp3) is 0.933. The zero-order valence-corrected chi connectivity index (χ0v) is 13.0. The fourth-order valence-electron chi connectivity index (χ4n) is 3.57.